The molecular formula is C32H31ClN2O8S. The number of hydrogen-bond donors (Lipinski definition) is 1. The first kappa shape index (κ1) is 30.2. The number of anilines is 1. The van der Waals surface area contributed by atoms with E-state index in [4.69, 9.17) is 21.1 Å². The number of esters is 2. The topological polar surface area (TPSA) is 128 Å². The van der Waals surface area contributed by atoms with Gasteiger partial charge in [-0.15, -0.1) is 0 Å². The number of methoxy groups -OCH3 is 2. The van der Waals surface area contributed by atoms with Crippen LogP contribution in [0.3, 0.4) is 0 Å². The second-order valence-electron chi connectivity index (χ2n) is 12.0. The Morgan fingerprint density at radius 1 is 1.00 bits per heavy atom. The Morgan fingerprint density at radius 2 is 1.68 bits per heavy atom. The molecule has 10 nitrogen and oxygen atoms in total. The molecule has 0 unspecified atom stereocenters. The lowest BCUT2D eigenvalue weighted by Crippen LogP contribution is -2.51. The van der Waals surface area contributed by atoms with E-state index in [0.717, 1.165) is 24.2 Å². The number of halogens is 1. The van der Waals surface area contributed by atoms with Gasteiger partial charge in [-0.2, -0.15) is 0 Å². The van der Waals surface area contributed by atoms with Gasteiger partial charge in [-0.1, -0.05) is 17.7 Å². The number of ether oxygens (including phenoxy) is 3. The monoisotopic (exact) mass is 638 g/mol. The Labute approximate surface area is 263 Å². The number of carbonyl (C=O) groups is 5. The normalized spacial score (nSPS) is 26.2. The van der Waals surface area contributed by atoms with Crippen LogP contribution in [0.15, 0.2) is 41.3 Å². The van der Waals surface area contributed by atoms with Crippen LogP contribution in [0.4, 0.5) is 10.5 Å². The van der Waals surface area contributed by atoms with Crippen molar-refractivity contribution in [1.82, 2.24) is 4.90 Å². The van der Waals surface area contributed by atoms with Crippen LogP contribution < -0.4 is 14.8 Å². The predicted molar refractivity (Wildman–Crippen MR) is 163 cm³/mol. The number of nitrogens with zero attached hydrogens (tertiary/aromatic N) is 1. The second kappa shape index (κ2) is 11.9. The van der Waals surface area contributed by atoms with Crippen molar-refractivity contribution in [2.75, 3.05) is 26.1 Å². The molecule has 3 amide bonds. The van der Waals surface area contributed by atoms with Crippen molar-refractivity contribution in [3.63, 3.8) is 0 Å². The van der Waals surface area contributed by atoms with Crippen molar-refractivity contribution in [3.05, 3.63) is 57.5 Å². The Balaban J connectivity index is 1.12. The van der Waals surface area contributed by atoms with Gasteiger partial charge in [0.15, 0.2) is 11.5 Å². The molecule has 5 aliphatic rings. The molecule has 4 bridgehead atoms. The fraction of sp³-hybridized carbons (Fsp3) is 0.406. The van der Waals surface area contributed by atoms with Gasteiger partial charge in [0.2, 0.25) is 5.91 Å². The van der Waals surface area contributed by atoms with E-state index in [1.54, 1.807) is 18.2 Å². The van der Waals surface area contributed by atoms with Crippen LogP contribution in [-0.4, -0.2) is 54.7 Å². The van der Waals surface area contributed by atoms with Crippen LogP contribution in [0, 0.1) is 23.2 Å². The van der Waals surface area contributed by atoms with E-state index in [0.29, 0.717) is 46.6 Å². The van der Waals surface area contributed by atoms with Gasteiger partial charge < -0.3 is 19.5 Å². The number of hydrogen-bond acceptors (Lipinski definition) is 9. The van der Waals surface area contributed by atoms with Crippen LogP contribution >= 0.6 is 23.4 Å². The molecule has 44 heavy (non-hydrogen) atoms. The average molecular weight is 639 g/mol. The molecule has 4 saturated carbocycles. The van der Waals surface area contributed by atoms with Gasteiger partial charge in [0.1, 0.15) is 6.54 Å². The molecule has 5 fully saturated rings. The molecule has 0 atom stereocenters. The van der Waals surface area contributed by atoms with Gasteiger partial charge in [-0.3, -0.25) is 24.1 Å². The van der Waals surface area contributed by atoms with Gasteiger partial charge >= 0.3 is 11.9 Å². The molecule has 0 radical (unpaired) electrons. The third-order valence-electron chi connectivity index (χ3n) is 8.99. The number of benzene rings is 2. The number of imide groups is 1. The third kappa shape index (κ3) is 5.82. The molecule has 1 N–H and O–H groups in total. The first-order chi connectivity index (χ1) is 21.1. The molecule has 2 aromatic rings. The molecular weight excluding hydrogens is 608 g/mol. The summed E-state index contributed by atoms with van der Waals surface area (Å²) in [7, 11) is 2.68. The first-order valence-corrected chi connectivity index (χ1v) is 15.6. The molecule has 1 saturated heterocycles. The van der Waals surface area contributed by atoms with E-state index < -0.39 is 35.0 Å². The molecule has 0 aromatic heterocycles. The van der Waals surface area contributed by atoms with Gasteiger partial charge in [0.25, 0.3) is 11.1 Å². The summed E-state index contributed by atoms with van der Waals surface area (Å²) < 4.78 is 16.1. The minimum absolute atomic E-state index is 0.0602. The summed E-state index contributed by atoms with van der Waals surface area (Å²) in [6.07, 6.45) is 7.86. The zero-order valence-electron chi connectivity index (χ0n) is 24.2. The molecule has 1 heterocycles. The number of carbonyl (C=O) groups excluding carboxylic acids is 5. The van der Waals surface area contributed by atoms with Crippen molar-refractivity contribution in [2.45, 2.75) is 38.5 Å². The molecule has 0 spiro atoms. The Hall–Kier alpha value is -3.83. The fourth-order valence-electron chi connectivity index (χ4n) is 7.43. The highest BCUT2D eigenvalue weighted by Crippen LogP contribution is 2.60. The smallest absolute Gasteiger partial charge is 0.339 e. The summed E-state index contributed by atoms with van der Waals surface area (Å²) in [5.41, 5.74) is 0.451. The van der Waals surface area contributed by atoms with Crippen molar-refractivity contribution in [1.29, 1.82) is 0 Å². The van der Waals surface area contributed by atoms with Crippen molar-refractivity contribution in [2.24, 2.45) is 23.2 Å². The summed E-state index contributed by atoms with van der Waals surface area (Å²) in [6, 6.07) is 9.22. The predicted octanol–water partition coefficient (Wildman–Crippen LogP) is 5.93. The zero-order valence-corrected chi connectivity index (χ0v) is 25.8. The number of amides is 3. The maximum absolute atomic E-state index is 13.5. The molecule has 7 rings (SSSR count). The highest BCUT2D eigenvalue weighted by atomic mass is 35.5. The van der Waals surface area contributed by atoms with Crippen LogP contribution in [0.5, 0.6) is 11.5 Å². The minimum Gasteiger partial charge on any atom is -0.493 e. The van der Waals surface area contributed by atoms with E-state index >= 15 is 0 Å². The third-order valence-corrected chi connectivity index (χ3v) is 10.2. The quantitative estimate of drug-likeness (QED) is 0.212. The molecule has 1 aliphatic heterocycles. The number of nitrogens with one attached hydrogen (secondary N) is 1. The highest BCUT2D eigenvalue weighted by molar-refractivity contribution is 8.18. The molecule has 4 aliphatic carbocycles. The molecule has 12 heteroatoms. The lowest BCUT2D eigenvalue weighted by molar-refractivity contribution is -0.161. The van der Waals surface area contributed by atoms with Gasteiger partial charge in [-0.05, 0) is 110 Å². The summed E-state index contributed by atoms with van der Waals surface area (Å²) >= 11 is 6.73. The minimum atomic E-state index is -0.674. The van der Waals surface area contributed by atoms with Crippen molar-refractivity contribution < 1.29 is 38.2 Å². The van der Waals surface area contributed by atoms with Gasteiger partial charge in [-0.25, -0.2) is 4.79 Å². The Bertz CT molecular complexity index is 1570. The standard InChI is InChI=1S/C32H31ClN2O8S/c1-41-25-10-17(3-6-24(25)43-30(39)32-13-18-7-19(14-32)9-20(8-18)15-32)11-26-28(37)35(31(40)44-26)16-27(36)34-21-4-5-23(33)22(12-21)29(38)42-2/h3-6,10-12,18-20H,7-9,13-16H2,1-2H3,(H,34,36)/b26-11-. The second-order valence-corrected chi connectivity index (χ2v) is 13.4. The Kier molecular flexibility index (Phi) is 8.19. The summed E-state index contributed by atoms with van der Waals surface area (Å²) in [4.78, 5) is 64.7. The SMILES string of the molecule is COC(=O)c1cc(NC(=O)CN2C(=O)S/C(=C\c3ccc(OC(=O)C45CC6CC(CC(C6)C4)C5)c(OC)c3)C2=O)ccc1Cl. The molecule has 230 valence electrons. The van der Waals surface area contributed by atoms with E-state index in [9.17, 15) is 24.0 Å². The summed E-state index contributed by atoms with van der Waals surface area (Å²) in [5.74, 6) is 0.340. The van der Waals surface area contributed by atoms with E-state index in [2.05, 4.69) is 10.1 Å². The van der Waals surface area contributed by atoms with E-state index in [-0.39, 0.29) is 27.1 Å². The summed E-state index contributed by atoms with van der Waals surface area (Å²) in [5, 5.41) is 2.11. The lowest BCUT2D eigenvalue weighted by Gasteiger charge is -2.55. The zero-order chi connectivity index (χ0) is 31.2. The number of rotatable bonds is 8. The summed E-state index contributed by atoms with van der Waals surface area (Å²) in [6.45, 7) is -0.527. The highest BCUT2D eigenvalue weighted by Gasteiger charge is 2.55. The van der Waals surface area contributed by atoms with Crippen LogP contribution in [0.1, 0.15) is 54.4 Å². The van der Waals surface area contributed by atoms with Gasteiger partial charge in [0.05, 0.1) is 35.1 Å². The maximum Gasteiger partial charge on any atom is 0.339 e. The largest absolute Gasteiger partial charge is 0.493 e. The Morgan fingerprint density at radius 3 is 2.32 bits per heavy atom. The van der Waals surface area contributed by atoms with Crippen molar-refractivity contribution in [3.8, 4) is 11.5 Å². The van der Waals surface area contributed by atoms with Crippen LogP contribution in [-0.2, 0) is 19.1 Å². The van der Waals surface area contributed by atoms with E-state index in [1.807, 2.05) is 0 Å². The first-order valence-electron chi connectivity index (χ1n) is 14.4. The lowest BCUT2D eigenvalue weighted by atomic mass is 9.49. The van der Waals surface area contributed by atoms with Gasteiger partial charge in [0, 0.05) is 5.69 Å². The van der Waals surface area contributed by atoms with Crippen molar-refractivity contribution >= 4 is 64.1 Å². The number of thioether (sulfide) groups is 1. The van der Waals surface area contributed by atoms with Crippen LogP contribution in [0.25, 0.3) is 6.08 Å². The van der Waals surface area contributed by atoms with Crippen LogP contribution in [0.2, 0.25) is 5.02 Å². The maximum atomic E-state index is 13.5. The average Bonchev–Trinajstić information content (AvgIpc) is 3.24. The van der Waals surface area contributed by atoms with E-state index in [1.165, 1.54) is 57.8 Å². The fourth-order valence-corrected chi connectivity index (χ4v) is 8.46. The molecule has 2 aromatic carbocycles.